The highest BCUT2D eigenvalue weighted by Gasteiger charge is 2.45. The van der Waals surface area contributed by atoms with Crippen molar-refractivity contribution in [2.45, 2.75) is 25.8 Å². The van der Waals surface area contributed by atoms with E-state index < -0.39 is 5.54 Å². The second kappa shape index (κ2) is 5.39. The standard InChI is InChI=1S/C17H17N3O3/c1-11-9-12(21)6-7-13(11)18-16(23)17(2)10-15(22)19-14-5-3-4-8-20(14)17/h3-9,21H,10H2,1-2H3,(H,18,23). The van der Waals surface area contributed by atoms with E-state index in [0.717, 1.165) is 5.56 Å². The van der Waals surface area contributed by atoms with E-state index in [1.807, 2.05) is 0 Å². The molecule has 0 saturated heterocycles. The summed E-state index contributed by atoms with van der Waals surface area (Å²) < 4.78 is 0. The van der Waals surface area contributed by atoms with Gasteiger partial charge in [0.25, 0.3) is 11.8 Å². The second-order valence-electron chi connectivity index (χ2n) is 5.84. The molecule has 1 atom stereocenters. The number of nitrogens with one attached hydrogen (secondary N) is 1. The molecule has 0 fully saturated rings. The fourth-order valence-corrected chi connectivity index (χ4v) is 2.72. The summed E-state index contributed by atoms with van der Waals surface area (Å²) in [5.74, 6) is -0.0230. The van der Waals surface area contributed by atoms with Gasteiger partial charge < -0.3 is 15.3 Å². The highest BCUT2D eigenvalue weighted by Crippen LogP contribution is 2.30. The number of aryl methyl sites for hydroxylation is 1. The van der Waals surface area contributed by atoms with Crippen molar-refractivity contribution < 1.29 is 14.7 Å². The number of benzene rings is 1. The highest BCUT2D eigenvalue weighted by atomic mass is 16.3. The Hall–Kier alpha value is -2.89. The Balaban J connectivity index is 1.91. The summed E-state index contributed by atoms with van der Waals surface area (Å²) >= 11 is 0. The van der Waals surface area contributed by atoms with Crippen LogP contribution in [0.1, 0.15) is 18.9 Å². The second-order valence-corrected chi connectivity index (χ2v) is 5.84. The van der Waals surface area contributed by atoms with Crippen LogP contribution >= 0.6 is 0 Å². The molecule has 2 aliphatic heterocycles. The number of fused-ring (bicyclic) bond motifs is 1. The van der Waals surface area contributed by atoms with Crippen LogP contribution in [0.25, 0.3) is 0 Å². The lowest BCUT2D eigenvalue weighted by Gasteiger charge is -2.41. The van der Waals surface area contributed by atoms with E-state index in [-0.39, 0.29) is 24.0 Å². The Morgan fingerprint density at radius 3 is 2.91 bits per heavy atom. The molecule has 0 aliphatic carbocycles. The minimum atomic E-state index is -1.06. The zero-order chi connectivity index (χ0) is 16.6. The van der Waals surface area contributed by atoms with Crippen LogP contribution in [-0.4, -0.2) is 33.2 Å². The van der Waals surface area contributed by atoms with Gasteiger partial charge in [0.05, 0.1) is 6.42 Å². The molecule has 0 spiro atoms. The third-order valence-corrected chi connectivity index (χ3v) is 4.05. The van der Waals surface area contributed by atoms with Crippen molar-refractivity contribution >= 4 is 23.3 Å². The minimum absolute atomic E-state index is 0.00234. The van der Waals surface area contributed by atoms with Gasteiger partial charge in [-0.2, -0.15) is 4.99 Å². The summed E-state index contributed by atoms with van der Waals surface area (Å²) in [5, 5.41) is 12.3. The number of amides is 2. The first-order valence-corrected chi connectivity index (χ1v) is 7.27. The fraction of sp³-hybridized carbons (Fsp3) is 0.235. The van der Waals surface area contributed by atoms with Crippen LogP contribution in [0.4, 0.5) is 5.69 Å². The SMILES string of the molecule is Cc1cc(O)ccc1NC(=O)C1(C)CC(=O)N=C2C=CC=CN21. The van der Waals surface area contributed by atoms with Gasteiger partial charge in [0.2, 0.25) is 0 Å². The van der Waals surface area contributed by atoms with Crippen molar-refractivity contribution in [1.82, 2.24) is 4.90 Å². The van der Waals surface area contributed by atoms with Gasteiger partial charge in [0.15, 0.2) is 0 Å². The Morgan fingerprint density at radius 1 is 1.39 bits per heavy atom. The van der Waals surface area contributed by atoms with Gasteiger partial charge in [-0.25, -0.2) is 0 Å². The summed E-state index contributed by atoms with van der Waals surface area (Å²) in [4.78, 5) is 30.4. The van der Waals surface area contributed by atoms with Gasteiger partial charge >= 0.3 is 0 Å². The topological polar surface area (TPSA) is 82.0 Å². The molecule has 2 heterocycles. The van der Waals surface area contributed by atoms with Gasteiger partial charge in [-0.15, -0.1) is 0 Å². The maximum atomic E-state index is 12.8. The van der Waals surface area contributed by atoms with Crippen LogP contribution < -0.4 is 5.32 Å². The van der Waals surface area contributed by atoms with Gasteiger partial charge in [0, 0.05) is 11.9 Å². The van der Waals surface area contributed by atoms with Crippen molar-refractivity contribution in [1.29, 1.82) is 0 Å². The van der Waals surface area contributed by atoms with Crippen molar-refractivity contribution in [2.24, 2.45) is 4.99 Å². The lowest BCUT2D eigenvalue weighted by Crippen LogP contribution is -2.58. The predicted molar refractivity (Wildman–Crippen MR) is 87.1 cm³/mol. The average molecular weight is 311 g/mol. The number of anilines is 1. The number of aromatic hydroxyl groups is 1. The largest absolute Gasteiger partial charge is 0.508 e. The first-order chi connectivity index (χ1) is 10.9. The van der Waals surface area contributed by atoms with Crippen molar-refractivity contribution in [3.8, 4) is 5.75 Å². The lowest BCUT2D eigenvalue weighted by molar-refractivity contribution is -0.130. The molecule has 6 nitrogen and oxygen atoms in total. The van der Waals surface area contributed by atoms with Crippen LogP contribution in [0, 0.1) is 6.92 Å². The molecule has 1 unspecified atom stereocenters. The molecular formula is C17H17N3O3. The molecule has 6 heteroatoms. The quantitative estimate of drug-likeness (QED) is 0.820. The van der Waals surface area contributed by atoms with Gasteiger partial charge in [0.1, 0.15) is 17.1 Å². The van der Waals surface area contributed by atoms with E-state index >= 15 is 0 Å². The average Bonchev–Trinajstić information content (AvgIpc) is 2.49. The van der Waals surface area contributed by atoms with E-state index in [0.29, 0.717) is 11.5 Å². The number of phenolic OH excluding ortho intramolecular Hbond substituents is 1. The Bertz CT molecular complexity index is 779. The lowest BCUT2D eigenvalue weighted by atomic mass is 9.91. The van der Waals surface area contributed by atoms with E-state index in [4.69, 9.17) is 0 Å². The van der Waals surface area contributed by atoms with E-state index in [9.17, 15) is 14.7 Å². The summed E-state index contributed by atoms with van der Waals surface area (Å²) in [6.45, 7) is 3.51. The first kappa shape index (κ1) is 15.0. The minimum Gasteiger partial charge on any atom is -0.508 e. The van der Waals surface area contributed by atoms with Gasteiger partial charge in [-0.1, -0.05) is 6.08 Å². The Kier molecular flexibility index (Phi) is 3.52. The fourth-order valence-electron chi connectivity index (χ4n) is 2.72. The van der Waals surface area contributed by atoms with E-state index in [1.54, 1.807) is 55.3 Å². The molecular weight excluding hydrogens is 294 g/mol. The normalized spacial score (nSPS) is 22.6. The molecule has 23 heavy (non-hydrogen) atoms. The van der Waals surface area contributed by atoms with Gasteiger partial charge in [-0.3, -0.25) is 9.59 Å². The van der Waals surface area contributed by atoms with E-state index in [2.05, 4.69) is 10.3 Å². The number of aliphatic imine (C=N–C) groups is 1. The zero-order valence-corrected chi connectivity index (χ0v) is 12.9. The number of phenols is 1. The number of carbonyl (C=O) groups excluding carboxylic acids is 2. The highest BCUT2D eigenvalue weighted by molar-refractivity contribution is 6.12. The molecule has 2 aliphatic rings. The molecule has 3 rings (SSSR count). The molecule has 1 aromatic carbocycles. The maximum Gasteiger partial charge on any atom is 0.250 e. The van der Waals surface area contributed by atoms with Crippen molar-refractivity contribution in [3.63, 3.8) is 0 Å². The Labute approximate surface area is 133 Å². The number of nitrogens with zero attached hydrogens (tertiary/aromatic N) is 2. The molecule has 0 bridgehead atoms. The number of amidine groups is 1. The Morgan fingerprint density at radius 2 is 2.17 bits per heavy atom. The smallest absolute Gasteiger partial charge is 0.250 e. The van der Waals surface area contributed by atoms with Crippen molar-refractivity contribution in [2.75, 3.05) is 5.32 Å². The number of hydrogen-bond acceptors (Lipinski definition) is 4. The molecule has 0 saturated carbocycles. The molecule has 118 valence electrons. The number of allylic oxidation sites excluding steroid dienone is 2. The molecule has 2 N–H and O–H groups in total. The zero-order valence-electron chi connectivity index (χ0n) is 12.9. The summed E-state index contributed by atoms with van der Waals surface area (Å²) in [7, 11) is 0. The molecule has 0 aromatic heterocycles. The summed E-state index contributed by atoms with van der Waals surface area (Å²) in [5.41, 5.74) is 0.286. The third kappa shape index (κ3) is 2.63. The third-order valence-electron chi connectivity index (χ3n) is 4.05. The van der Waals surface area contributed by atoms with Crippen LogP contribution in [0.2, 0.25) is 0 Å². The number of carbonyl (C=O) groups is 2. The van der Waals surface area contributed by atoms with Crippen LogP contribution in [0.3, 0.4) is 0 Å². The van der Waals surface area contributed by atoms with Crippen LogP contribution in [0.5, 0.6) is 5.75 Å². The maximum absolute atomic E-state index is 12.8. The molecule has 2 amide bonds. The monoisotopic (exact) mass is 311 g/mol. The van der Waals surface area contributed by atoms with Crippen LogP contribution in [-0.2, 0) is 9.59 Å². The summed E-state index contributed by atoms with van der Waals surface area (Å²) in [6, 6.07) is 4.71. The predicted octanol–water partition coefficient (Wildman–Crippen LogP) is 2.11. The van der Waals surface area contributed by atoms with Crippen molar-refractivity contribution in [3.05, 3.63) is 48.2 Å². The van der Waals surface area contributed by atoms with E-state index in [1.165, 1.54) is 6.07 Å². The van der Waals surface area contributed by atoms with Gasteiger partial charge in [-0.05, 0) is 49.8 Å². The first-order valence-electron chi connectivity index (χ1n) is 7.27. The number of rotatable bonds is 2. The van der Waals surface area contributed by atoms with Crippen LogP contribution in [0.15, 0.2) is 47.6 Å². The molecule has 1 aromatic rings. The summed E-state index contributed by atoms with van der Waals surface area (Å²) in [6.07, 6.45) is 7.02. The molecule has 0 radical (unpaired) electrons. The number of hydrogen-bond donors (Lipinski definition) is 2.